The van der Waals surface area contributed by atoms with Crippen molar-refractivity contribution < 1.29 is 0 Å². The maximum atomic E-state index is 2.56. The van der Waals surface area contributed by atoms with Gasteiger partial charge < -0.3 is 9.80 Å². The Balaban J connectivity index is 1.15. The Hall–Kier alpha value is -8.40. The number of para-hydroxylation sites is 2. The maximum absolute atomic E-state index is 2.56. The number of hydrogen-bond donors (Lipinski definition) is 0. The molecule has 3 heteroatoms. The van der Waals surface area contributed by atoms with Crippen LogP contribution in [0.4, 0.5) is 34.1 Å². The minimum Gasteiger partial charge on any atom is -0.311 e. The SMILES string of the molecule is CC(C)(C)c1ccc2c(c1)B1c3cc(C(C)(C)C)ccc3N(c3ccccc3)c3cc(-c4cc(-c5c6ccccc6c(-c6ccccc6)c6ccccc56)cc(C(C)(C)c5ccccc5)c4)cc(c31)N2c1ccccc1. The third-order valence-electron chi connectivity index (χ3n) is 16.6. The average molecular weight is 979 g/mol. The lowest BCUT2D eigenvalue weighted by molar-refractivity contribution is 0.590. The Morgan fingerprint density at radius 2 is 0.671 bits per heavy atom. The standard InChI is InChI=1S/C73H63BN2/c1-71(2,3)53-37-39-64-62(46-53)74-63-47-54(72(4,5)6)38-40-65(63)76(57-31-19-12-20-32-57)67-45-50(44-66(70(67)74)75(64)56-29-17-11-18-30-56)49-41-51(43-55(42-49)73(7,8)52-27-15-10-16-28-52)69-60-35-23-21-33-58(60)68(48-25-13-9-14-26-48)59-34-22-24-36-61(59)69/h9-47H,1-8H3. The van der Waals surface area contributed by atoms with Gasteiger partial charge in [0.15, 0.2) is 0 Å². The van der Waals surface area contributed by atoms with Gasteiger partial charge >= 0.3 is 0 Å². The molecule has 0 unspecified atom stereocenters. The van der Waals surface area contributed by atoms with E-state index in [-0.39, 0.29) is 23.0 Å². The Morgan fingerprint density at radius 1 is 0.289 bits per heavy atom. The first-order valence-corrected chi connectivity index (χ1v) is 27.1. The van der Waals surface area contributed by atoms with Crippen molar-refractivity contribution in [2.75, 3.05) is 9.80 Å². The first-order chi connectivity index (χ1) is 36.7. The molecule has 0 saturated carbocycles. The Kier molecular flexibility index (Phi) is 11.1. The van der Waals surface area contributed by atoms with Crippen LogP contribution >= 0.6 is 0 Å². The minimum absolute atomic E-state index is 0.0201. The average Bonchev–Trinajstić information content (AvgIpc) is 3.45. The van der Waals surface area contributed by atoms with Crippen molar-refractivity contribution >= 4 is 78.8 Å². The summed E-state index contributed by atoms with van der Waals surface area (Å²) < 4.78 is 0. The van der Waals surface area contributed by atoms with E-state index in [1.54, 1.807) is 0 Å². The molecule has 368 valence electrons. The van der Waals surface area contributed by atoms with Crippen LogP contribution < -0.4 is 26.2 Å². The predicted octanol–water partition coefficient (Wildman–Crippen LogP) is 18.0. The van der Waals surface area contributed by atoms with Crippen molar-refractivity contribution in [1.29, 1.82) is 0 Å². The second-order valence-electron chi connectivity index (χ2n) is 23.7. The fourth-order valence-electron chi connectivity index (χ4n) is 12.5. The summed E-state index contributed by atoms with van der Waals surface area (Å²) in [6, 6.07) is 89.3. The lowest BCUT2D eigenvalue weighted by atomic mass is 9.33. The zero-order valence-corrected chi connectivity index (χ0v) is 45.0. The molecule has 0 atom stereocenters. The van der Waals surface area contributed by atoms with E-state index in [4.69, 9.17) is 0 Å². The maximum Gasteiger partial charge on any atom is 0.252 e. The van der Waals surface area contributed by atoms with Crippen molar-refractivity contribution in [3.05, 3.63) is 259 Å². The van der Waals surface area contributed by atoms with E-state index in [0.717, 1.165) is 11.4 Å². The van der Waals surface area contributed by atoms with E-state index >= 15 is 0 Å². The molecule has 0 spiro atoms. The topological polar surface area (TPSA) is 6.48 Å². The first-order valence-electron chi connectivity index (χ1n) is 27.1. The molecule has 0 aliphatic carbocycles. The van der Waals surface area contributed by atoms with E-state index in [1.165, 1.54) is 116 Å². The van der Waals surface area contributed by atoms with Crippen LogP contribution in [0.1, 0.15) is 77.6 Å². The number of rotatable bonds is 7. The summed E-state index contributed by atoms with van der Waals surface area (Å²) in [6.07, 6.45) is 0. The van der Waals surface area contributed by atoms with Crippen molar-refractivity contribution in [2.45, 2.75) is 71.6 Å². The first kappa shape index (κ1) is 47.3. The molecule has 11 aromatic carbocycles. The van der Waals surface area contributed by atoms with Gasteiger partial charge in [0.05, 0.1) is 0 Å². The molecular weight excluding hydrogens is 916 g/mol. The molecule has 13 rings (SSSR count). The quantitative estimate of drug-likeness (QED) is 0.116. The van der Waals surface area contributed by atoms with E-state index in [1.807, 2.05) is 0 Å². The Labute approximate surface area is 450 Å². The van der Waals surface area contributed by atoms with Gasteiger partial charge in [0.25, 0.3) is 6.71 Å². The van der Waals surface area contributed by atoms with Crippen LogP contribution in [0.5, 0.6) is 0 Å². The second-order valence-corrected chi connectivity index (χ2v) is 23.7. The molecule has 2 heterocycles. The van der Waals surface area contributed by atoms with Gasteiger partial charge in [0.2, 0.25) is 0 Å². The van der Waals surface area contributed by atoms with E-state index < -0.39 is 0 Å². The number of hydrogen-bond acceptors (Lipinski definition) is 2. The van der Waals surface area contributed by atoms with Gasteiger partial charge in [-0.2, -0.15) is 0 Å². The number of nitrogens with zero attached hydrogens (tertiary/aromatic N) is 2. The van der Waals surface area contributed by atoms with Crippen LogP contribution in [0.15, 0.2) is 237 Å². The summed E-state index contributed by atoms with van der Waals surface area (Å²) >= 11 is 0. The van der Waals surface area contributed by atoms with Crippen LogP contribution in [-0.2, 0) is 16.2 Å². The number of fused-ring (bicyclic) bond motifs is 6. The normalized spacial score (nSPS) is 13.2. The molecule has 76 heavy (non-hydrogen) atoms. The van der Waals surface area contributed by atoms with E-state index in [9.17, 15) is 0 Å². The molecule has 0 saturated heterocycles. The van der Waals surface area contributed by atoms with E-state index in [2.05, 4.69) is 302 Å². The summed E-state index contributed by atoms with van der Waals surface area (Å²) in [5, 5.41) is 4.98. The third kappa shape index (κ3) is 7.78. The fourth-order valence-corrected chi connectivity index (χ4v) is 12.5. The summed E-state index contributed by atoms with van der Waals surface area (Å²) in [6.45, 7) is 18.8. The van der Waals surface area contributed by atoms with Gasteiger partial charge in [-0.1, -0.05) is 237 Å². The number of benzene rings is 11. The summed E-state index contributed by atoms with van der Waals surface area (Å²) in [4.78, 5) is 5.12. The fraction of sp³-hybridized carbons (Fsp3) is 0.151. The summed E-state index contributed by atoms with van der Waals surface area (Å²) in [5.41, 5.74) is 23.2. The van der Waals surface area contributed by atoms with Crippen LogP contribution in [0.3, 0.4) is 0 Å². The van der Waals surface area contributed by atoms with Crippen molar-refractivity contribution in [3.63, 3.8) is 0 Å². The number of anilines is 6. The Bertz CT molecular complexity index is 3850. The zero-order chi connectivity index (χ0) is 52.1. The zero-order valence-electron chi connectivity index (χ0n) is 45.0. The smallest absolute Gasteiger partial charge is 0.252 e. The molecule has 0 radical (unpaired) electrons. The van der Waals surface area contributed by atoms with Crippen LogP contribution in [-0.4, -0.2) is 6.71 Å². The molecule has 0 amide bonds. The molecule has 0 aromatic heterocycles. The molecule has 0 N–H and O–H groups in total. The van der Waals surface area contributed by atoms with Crippen LogP contribution in [0.25, 0.3) is 54.9 Å². The molecule has 2 aliphatic rings. The highest BCUT2D eigenvalue weighted by atomic mass is 15.2. The van der Waals surface area contributed by atoms with Gasteiger partial charge in [0.1, 0.15) is 0 Å². The largest absolute Gasteiger partial charge is 0.311 e. The molecule has 0 bridgehead atoms. The Morgan fingerprint density at radius 3 is 1.12 bits per heavy atom. The van der Waals surface area contributed by atoms with Crippen LogP contribution in [0.2, 0.25) is 0 Å². The lowest BCUT2D eigenvalue weighted by Crippen LogP contribution is -2.61. The van der Waals surface area contributed by atoms with Crippen LogP contribution in [0, 0.1) is 0 Å². The van der Waals surface area contributed by atoms with Crippen molar-refractivity contribution in [2.24, 2.45) is 0 Å². The molecule has 0 fully saturated rings. The molecule has 2 aliphatic heterocycles. The molecule has 11 aromatic rings. The van der Waals surface area contributed by atoms with Gasteiger partial charge in [-0.05, 0) is 159 Å². The highest BCUT2D eigenvalue weighted by Gasteiger charge is 2.44. The van der Waals surface area contributed by atoms with E-state index in [0.29, 0.717) is 0 Å². The van der Waals surface area contributed by atoms with Gasteiger partial charge in [0, 0.05) is 39.5 Å². The third-order valence-corrected chi connectivity index (χ3v) is 16.6. The van der Waals surface area contributed by atoms with Crippen molar-refractivity contribution in [1.82, 2.24) is 0 Å². The van der Waals surface area contributed by atoms with Gasteiger partial charge in [-0.25, -0.2) is 0 Å². The minimum atomic E-state index is -0.339. The monoisotopic (exact) mass is 979 g/mol. The van der Waals surface area contributed by atoms with Crippen molar-refractivity contribution in [3.8, 4) is 33.4 Å². The molecule has 2 nitrogen and oxygen atoms in total. The van der Waals surface area contributed by atoms with Gasteiger partial charge in [-0.3, -0.25) is 0 Å². The highest BCUT2D eigenvalue weighted by Crippen LogP contribution is 2.50. The second kappa shape index (κ2) is 17.9. The molecular formula is C73H63BN2. The summed E-state index contributed by atoms with van der Waals surface area (Å²) in [7, 11) is 0. The van der Waals surface area contributed by atoms with Gasteiger partial charge in [-0.15, -0.1) is 0 Å². The summed E-state index contributed by atoms with van der Waals surface area (Å²) in [5.74, 6) is 0. The highest BCUT2D eigenvalue weighted by molar-refractivity contribution is 7.00. The lowest BCUT2D eigenvalue weighted by Gasteiger charge is -2.45. The predicted molar refractivity (Wildman–Crippen MR) is 328 cm³/mol.